The molecule has 0 spiro atoms. The van der Waals surface area contributed by atoms with Crippen LogP contribution < -0.4 is 11.5 Å². The van der Waals surface area contributed by atoms with Gasteiger partial charge in [-0.1, -0.05) is 6.08 Å². The van der Waals surface area contributed by atoms with Gasteiger partial charge in [0.2, 0.25) is 0 Å². The molecule has 0 bridgehead atoms. The summed E-state index contributed by atoms with van der Waals surface area (Å²) >= 11 is 0. The molecule has 6 N–H and O–H groups in total. The molecule has 4 nitrogen and oxygen atoms in total. The second kappa shape index (κ2) is 5.42. The third-order valence-electron chi connectivity index (χ3n) is 3.51. The standard InChI is InChI=1S/C14H12F6N2O2/c15-13(16,17)8-1-6(2-9(23)5-8)7-3-10(14(18,19)20)12(21,22)11(24)4-7/h1-5,7,23-24H,21-22H2. The molecule has 0 aliphatic heterocycles. The van der Waals surface area contributed by atoms with Crippen LogP contribution in [0.2, 0.25) is 0 Å². The average molecular weight is 354 g/mol. The number of nitrogens with two attached hydrogens (primary N) is 2. The lowest BCUT2D eigenvalue weighted by Crippen LogP contribution is -2.57. The van der Waals surface area contributed by atoms with Gasteiger partial charge in [-0.25, -0.2) is 0 Å². The number of hydrogen-bond acceptors (Lipinski definition) is 4. The molecule has 10 heteroatoms. The van der Waals surface area contributed by atoms with Crippen LogP contribution >= 0.6 is 0 Å². The van der Waals surface area contributed by atoms with Crippen molar-refractivity contribution in [1.82, 2.24) is 0 Å². The van der Waals surface area contributed by atoms with Crippen LogP contribution in [0, 0.1) is 0 Å². The molecule has 0 saturated carbocycles. The lowest BCUT2D eigenvalue weighted by atomic mass is 9.83. The van der Waals surface area contributed by atoms with E-state index in [9.17, 15) is 36.6 Å². The van der Waals surface area contributed by atoms with Gasteiger partial charge in [0.05, 0.1) is 11.1 Å². The van der Waals surface area contributed by atoms with Gasteiger partial charge in [-0.05, 0) is 29.8 Å². The third-order valence-corrected chi connectivity index (χ3v) is 3.51. The van der Waals surface area contributed by atoms with Crippen LogP contribution in [0.15, 0.2) is 41.7 Å². The first-order chi connectivity index (χ1) is 10.7. The summed E-state index contributed by atoms with van der Waals surface area (Å²) in [4.78, 5) is 0. The smallest absolute Gasteiger partial charge is 0.416 e. The number of hydrogen-bond donors (Lipinski definition) is 4. The fraction of sp³-hybridized carbons (Fsp3) is 0.286. The average Bonchev–Trinajstić information content (AvgIpc) is 2.38. The Hall–Kier alpha value is -2.20. The highest BCUT2D eigenvalue weighted by Crippen LogP contribution is 2.41. The van der Waals surface area contributed by atoms with Gasteiger partial charge in [0, 0.05) is 5.92 Å². The zero-order chi connectivity index (χ0) is 18.5. The summed E-state index contributed by atoms with van der Waals surface area (Å²) in [7, 11) is 0. The summed E-state index contributed by atoms with van der Waals surface area (Å²) < 4.78 is 77.5. The molecule has 24 heavy (non-hydrogen) atoms. The number of phenolic OH excluding ortho intramolecular Hbond substituents is 1. The lowest BCUT2D eigenvalue weighted by Gasteiger charge is -2.33. The highest BCUT2D eigenvalue weighted by Gasteiger charge is 2.49. The van der Waals surface area contributed by atoms with E-state index in [-0.39, 0.29) is 5.56 Å². The molecule has 1 aromatic rings. The molecule has 0 fully saturated rings. The Morgan fingerprint density at radius 3 is 1.96 bits per heavy atom. The Bertz CT molecular complexity index is 719. The van der Waals surface area contributed by atoms with E-state index in [1.54, 1.807) is 0 Å². The number of halogens is 6. The van der Waals surface area contributed by atoms with Crippen molar-refractivity contribution in [2.45, 2.75) is 23.9 Å². The Labute approximate surface area is 131 Å². The minimum absolute atomic E-state index is 0.314. The first-order valence-corrected chi connectivity index (χ1v) is 6.42. The molecular formula is C14H12F6N2O2. The molecule has 0 saturated heterocycles. The summed E-state index contributed by atoms with van der Waals surface area (Å²) in [6, 6.07) is 1.85. The van der Waals surface area contributed by atoms with Crippen LogP contribution in [0.25, 0.3) is 0 Å². The van der Waals surface area contributed by atoms with Crippen molar-refractivity contribution in [2.24, 2.45) is 11.5 Å². The van der Waals surface area contributed by atoms with E-state index in [2.05, 4.69) is 0 Å². The van der Waals surface area contributed by atoms with Crippen LogP contribution in [0.3, 0.4) is 0 Å². The minimum Gasteiger partial charge on any atom is -0.509 e. The highest BCUT2D eigenvalue weighted by atomic mass is 19.4. The molecule has 1 aliphatic carbocycles. The maximum Gasteiger partial charge on any atom is 0.416 e. The second-order valence-corrected chi connectivity index (χ2v) is 5.34. The number of phenols is 1. The number of allylic oxidation sites excluding steroid dienone is 2. The van der Waals surface area contributed by atoms with Crippen molar-refractivity contribution >= 4 is 0 Å². The molecule has 1 unspecified atom stereocenters. The van der Waals surface area contributed by atoms with Gasteiger partial charge in [-0.2, -0.15) is 26.3 Å². The highest BCUT2D eigenvalue weighted by molar-refractivity contribution is 5.47. The molecule has 132 valence electrons. The van der Waals surface area contributed by atoms with Crippen LogP contribution in [-0.2, 0) is 6.18 Å². The van der Waals surface area contributed by atoms with Gasteiger partial charge >= 0.3 is 12.4 Å². The molecule has 0 amide bonds. The molecule has 2 rings (SSSR count). The largest absolute Gasteiger partial charge is 0.509 e. The van der Waals surface area contributed by atoms with E-state index in [1.165, 1.54) is 0 Å². The van der Waals surface area contributed by atoms with Crippen molar-refractivity contribution in [2.75, 3.05) is 0 Å². The van der Waals surface area contributed by atoms with Crippen molar-refractivity contribution in [3.8, 4) is 5.75 Å². The number of rotatable bonds is 1. The predicted octanol–water partition coefficient (Wildman–Crippen LogP) is 3.05. The quantitative estimate of drug-likeness (QED) is 0.354. The van der Waals surface area contributed by atoms with Crippen LogP contribution in [-0.4, -0.2) is 22.1 Å². The first-order valence-electron chi connectivity index (χ1n) is 6.42. The van der Waals surface area contributed by atoms with Crippen LogP contribution in [0.5, 0.6) is 5.75 Å². The van der Waals surface area contributed by atoms with Crippen LogP contribution in [0.1, 0.15) is 17.0 Å². The van der Waals surface area contributed by atoms with E-state index in [4.69, 9.17) is 11.5 Å². The number of benzene rings is 1. The summed E-state index contributed by atoms with van der Waals surface area (Å²) in [6.07, 6.45) is -8.51. The van der Waals surface area contributed by atoms with E-state index < -0.39 is 46.6 Å². The molecule has 0 heterocycles. The van der Waals surface area contributed by atoms with Crippen molar-refractivity contribution in [3.05, 3.63) is 52.8 Å². The topological polar surface area (TPSA) is 92.5 Å². The predicted molar refractivity (Wildman–Crippen MR) is 71.8 cm³/mol. The number of aliphatic hydroxyl groups is 1. The molecule has 1 atom stereocenters. The Morgan fingerprint density at radius 2 is 1.46 bits per heavy atom. The van der Waals surface area contributed by atoms with Gasteiger partial charge in [-0.3, -0.25) is 0 Å². The lowest BCUT2D eigenvalue weighted by molar-refractivity contribution is -0.137. The zero-order valence-corrected chi connectivity index (χ0v) is 11.8. The molecule has 1 aliphatic rings. The van der Waals surface area contributed by atoms with E-state index in [0.717, 1.165) is 12.1 Å². The molecule has 1 aromatic carbocycles. The fourth-order valence-corrected chi connectivity index (χ4v) is 2.32. The monoisotopic (exact) mass is 354 g/mol. The van der Waals surface area contributed by atoms with Crippen molar-refractivity contribution in [1.29, 1.82) is 0 Å². The van der Waals surface area contributed by atoms with Gasteiger partial charge < -0.3 is 21.7 Å². The summed E-state index contributed by atoms with van der Waals surface area (Å²) in [5.41, 5.74) is 4.75. The first kappa shape index (κ1) is 18.1. The van der Waals surface area contributed by atoms with Gasteiger partial charge in [0.1, 0.15) is 11.5 Å². The summed E-state index contributed by atoms with van der Waals surface area (Å²) in [5.74, 6) is -3.23. The van der Waals surface area contributed by atoms with Crippen LogP contribution in [0.4, 0.5) is 26.3 Å². The number of alkyl halides is 6. The van der Waals surface area contributed by atoms with Crippen molar-refractivity contribution < 1.29 is 36.6 Å². The van der Waals surface area contributed by atoms with E-state index in [1.807, 2.05) is 0 Å². The normalized spacial score (nSPS) is 21.2. The summed E-state index contributed by atoms with van der Waals surface area (Å²) in [6.45, 7) is 0. The Kier molecular flexibility index (Phi) is 4.09. The third kappa shape index (κ3) is 3.34. The van der Waals surface area contributed by atoms with E-state index >= 15 is 0 Å². The maximum absolute atomic E-state index is 13.1. The maximum atomic E-state index is 13.1. The Balaban J connectivity index is 2.59. The zero-order valence-electron chi connectivity index (χ0n) is 11.8. The number of aliphatic hydroxyl groups excluding tert-OH is 1. The molecular weight excluding hydrogens is 342 g/mol. The summed E-state index contributed by atoms with van der Waals surface area (Å²) in [5, 5.41) is 19.1. The van der Waals surface area contributed by atoms with Gasteiger partial charge in [-0.15, -0.1) is 0 Å². The molecule has 0 aromatic heterocycles. The SMILES string of the molecule is NC1(N)C(O)=CC(c2cc(O)cc(C(F)(F)F)c2)C=C1C(F)(F)F. The van der Waals surface area contributed by atoms with Gasteiger partial charge in [0.15, 0.2) is 5.66 Å². The second-order valence-electron chi connectivity index (χ2n) is 5.34. The Morgan fingerprint density at radius 1 is 0.875 bits per heavy atom. The fourth-order valence-electron chi connectivity index (χ4n) is 2.32. The molecule has 0 radical (unpaired) electrons. The number of aromatic hydroxyl groups is 1. The van der Waals surface area contributed by atoms with Crippen molar-refractivity contribution in [3.63, 3.8) is 0 Å². The minimum atomic E-state index is -5.01. The van der Waals surface area contributed by atoms with E-state index in [0.29, 0.717) is 18.2 Å². The van der Waals surface area contributed by atoms with Gasteiger partial charge in [0.25, 0.3) is 0 Å².